The molecule has 1 aromatic rings. The molecule has 0 unspecified atom stereocenters. The first-order valence-electron chi connectivity index (χ1n) is 6.31. The Morgan fingerprint density at radius 2 is 2.11 bits per heavy atom. The summed E-state index contributed by atoms with van der Waals surface area (Å²) in [5.74, 6) is 1.07. The third kappa shape index (κ3) is 2.07. The molecule has 4 nitrogen and oxygen atoms in total. The van der Waals surface area contributed by atoms with Crippen molar-refractivity contribution in [1.82, 2.24) is 14.5 Å². The number of amides is 1. The van der Waals surface area contributed by atoms with E-state index in [-0.39, 0.29) is 11.3 Å². The maximum absolute atomic E-state index is 11.6. The highest BCUT2D eigenvalue weighted by atomic mass is 16.2. The zero-order valence-electron chi connectivity index (χ0n) is 11.7. The number of fused-ring (bicyclic) bond motifs is 1. The van der Waals surface area contributed by atoms with Crippen LogP contribution in [0.5, 0.6) is 0 Å². The second kappa shape index (κ2) is 4.26. The van der Waals surface area contributed by atoms with E-state index < -0.39 is 0 Å². The van der Waals surface area contributed by atoms with Crippen molar-refractivity contribution in [3.8, 4) is 0 Å². The number of nitrogens with zero attached hydrogens (tertiary/aromatic N) is 3. The molecule has 0 radical (unpaired) electrons. The molecule has 18 heavy (non-hydrogen) atoms. The van der Waals surface area contributed by atoms with Gasteiger partial charge in [0, 0.05) is 31.1 Å². The Morgan fingerprint density at radius 1 is 1.44 bits per heavy atom. The Bertz CT molecular complexity index is 494. The molecule has 1 aromatic heterocycles. The van der Waals surface area contributed by atoms with Gasteiger partial charge < -0.3 is 9.47 Å². The van der Waals surface area contributed by atoms with Gasteiger partial charge in [-0.2, -0.15) is 0 Å². The highest BCUT2D eigenvalue weighted by Crippen LogP contribution is 2.26. The first kappa shape index (κ1) is 12.9. The highest BCUT2D eigenvalue weighted by molar-refractivity contribution is 5.87. The molecule has 1 aliphatic heterocycles. The molecule has 0 fully saturated rings. The molecule has 4 heteroatoms. The van der Waals surface area contributed by atoms with Crippen molar-refractivity contribution in [3.05, 3.63) is 29.9 Å². The van der Waals surface area contributed by atoms with Crippen LogP contribution in [0.3, 0.4) is 0 Å². The Kier molecular flexibility index (Phi) is 3.05. The number of carbonyl (C=O) groups is 1. The molecular formula is C14H21N3O. The second-order valence-corrected chi connectivity index (χ2v) is 5.85. The molecule has 0 aliphatic carbocycles. The normalized spacial score (nSPS) is 15.4. The van der Waals surface area contributed by atoms with Gasteiger partial charge in [-0.25, -0.2) is 4.98 Å². The zero-order chi connectivity index (χ0) is 13.5. The molecule has 0 saturated heterocycles. The maximum Gasteiger partial charge on any atom is 0.246 e. The average molecular weight is 247 g/mol. The minimum absolute atomic E-state index is 0.0105. The number of rotatable bonds is 1. The fourth-order valence-electron chi connectivity index (χ4n) is 2.52. The van der Waals surface area contributed by atoms with Crippen molar-refractivity contribution >= 4 is 5.91 Å². The van der Waals surface area contributed by atoms with Crippen LogP contribution in [0.4, 0.5) is 0 Å². The minimum Gasteiger partial charge on any atom is -0.334 e. The number of hydrogen-bond donors (Lipinski definition) is 0. The van der Waals surface area contributed by atoms with Crippen LogP contribution in [0.25, 0.3) is 0 Å². The van der Waals surface area contributed by atoms with Crippen LogP contribution in [0.15, 0.2) is 12.7 Å². The van der Waals surface area contributed by atoms with Crippen LogP contribution in [0.1, 0.15) is 38.0 Å². The first-order chi connectivity index (χ1) is 8.34. The molecule has 1 aliphatic rings. The average Bonchev–Trinajstić information content (AvgIpc) is 2.65. The van der Waals surface area contributed by atoms with Crippen molar-refractivity contribution in [2.75, 3.05) is 6.54 Å². The summed E-state index contributed by atoms with van der Waals surface area (Å²) in [6.45, 7) is 11.4. The molecule has 0 atom stereocenters. The molecule has 2 rings (SSSR count). The van der Waals surface area contributed by atoms with E-state index in [1.807, 2.05) is 0 Å². The Balaban J connectivity index is 2.35. The molecule has 2 heterocycles. The van der Waals surface area contributed by atoms with Crippen LogP contribution >= 0.6 is 0 Å². The number of imidazole rings is 1. The molecule has 1 amide bonds. The summed E-state index contributed by atoms with van der Waals surface area (Å²) >= 11 is 0. The summed E-state index contributed by atoms with van der Waals surface area (Å²) < 4.78 is 2.19. The molecule has 0 bridgehead atoms. The first-order valence-corrected chi connectivity index (χ1v) is 6.31. The third-order valence-electron chi connectivity index (χ3n) is 3.41. The van der Waals surface area contributed by atoms with Gasteiger partial charge in [-0.05, 0) is 6.08 Å². The summed E-state index contributed by atoms with van der Waals surface area (Å²) in [7, 11) is 2.07. The van der Waals surface area contributed by atoms with Crippen LogP contribution in [-0.2, 0) is 30.2 Å². The fraction of sp³-hybridized carbons (Fsp3) is 0.571. The van der Waals surface area contributed by atoms with Gasteiger partial charge in [0.2, 0.25) is 5.91 Å². The zero-order valence-corrected chi connectivity index (χ0v) is 11.7. The van der Waals surface area contributed by atoms with E-state index in [1.165, 1.54) is 11.8 Å². The summed E-state index contributed by atoms with van der Waals surface area (Å²) in [5, 5.41) is 0. The van der Waals surface area contributed by atoms with Crippen molar-refractivity contribution in [2.24, 2.45) is 7.05 Å². The third-order valence-corrected chi connectivity index (χ3v) is 3.41. The van der Waals surface area contributed by atoms with Gasteiger partial charge in [0.1, 0.15) is 5.82 Å². The molecule has 0 aromatic carbocycles. The van der Waals surface area contributed by atoms with Crippen LogP contribution < -0.4 is 0 Å². The van der Waals surface area contributed by atoms with E-state index >= 15 is 0 Å². The van der Waals surface area contributed by atoms with Gasteiger partial charge >= 0.3 is 0 Å². The van der Waals surface area contributed by atoms with Crippen molar-refractivity contribution in [2.45, 2.75) is 39.2 Å². The van der Waals surface area contributed by atoms with E-state index in [0.717, 1.165) is 24.5 Å². The van der Waals surface area contributed by atoms with Gasteiger partial charge in [0.25, 0.3) is 0 Å². The summed E-state index contributed by atoms with van der Waals surface area (Å²) in [4.78, 5) is 18.2. The van der Waals surface area contributed by atoms with Crippen molar-refractivity contribution < 1.29 is 4.79 Å². The van der Waals surface area contributed by atoms with E-state index in [1.54, 1.807) is 4.90 Å². The molecule has 0 saturated carbocycles. The molecule has 0 spiro atoms. The van der Waals surface area contributed by atoms with E-state index in [4.69, 9.17) is 4.98 Å². The lowest BCUT2D eigenvalue weighted by Gasteiger charge is -2.25. The topological polar surface area (TPSA) is 38.1 Å². The molecule has 98 valence electrons. The lowest BCUT2D eigenvalue weighted by atomic mass is 9.96. The van der Waals surface area contributed by atoms with Gasteiger partial charge in [-0.3, -0.25) is 4.79 Å². The summed E-state index contributed by atoms with van der Waals surface area (Å²) in [6.07, 6.45) is 2.24. The summed E-state index contributed by atoms with van der Waals surface area (Å²) in [6, 6.07) is 0. The van der Waals surface area contributed by atoms with Gasteiger partial charge in [-0.15, -0.1) is 0 Å². The quantitative estimate of drug-likeness (QED) is 0.710. The lowest BCUT2D eigenvalue weighted by Crippen LogP contribution is -2.35. The monoisotopic (exact) mass is 247 g/mol. The molecule has 0 N–H and O–H groups in total. The number of carbonyl (C=O) groups excluding carboxylic acids is 1. The summed E-state index contributed by atoms with van der Waals surface area (Å²) in [5.41, 5.74) is 2.32. The number of aromatic nitrogens is 2. The molecular weight excluding hydrogens is 226 g/mol. The Morgan fingerprint density at radius 3 is 2.67 bits per heavy atom. The standard InChI is InChI=1S/C14H21N3O/c1-6-12(18)17-8-7-11-10(9-17)15-13(16(11)5)14(2,3)4/h6H,1,7-9H2,2-5H3. The second-order valence-electron chi connectivity index (χ2n) is 5.85. The van der Waals surface area contributed by atoms with Crippen LogP contribution in [0, 0.1) is 0 Å². The maximum atomic E-state index is 11.6. The van der Waals surface area contributed by atoms with Gasteiger partial charge in [0.15, 0.2) is 0 Å². The van der Waals surface area contributed by atoms with Crippen LogP contribution in [-0.4, -0.2) is 26.9 Å². The van der Waals surface area contributed by atoms with Crippen molar-refractivity contribution in [3.63, 3.8) is 0 Å². The van der Waals surface area contributed by atoms with Crippen LogP contribution in [0.2, 0.25) is 0 Å². The Labute approximate surface area is 108 Å². The highest BCUT2D eigenvalue weighted by Gasteiger charge is 2.28. The SMILES string of the molecule is C=CC(=O)N1CCc2c(nc(C(C)(C)C)n2C)C1. The smallest absolute Gasteiger partial charge is 0.246 e. The van der Waals surface area contributed by atoms with Gasteiger partial charge in [-0.1, -0.05) is 27.4 Å². The Hall–Kier alpha value is -1.58. The number of hydrogen-bond acceptors (Lipinski definition) is 2. The van der Waals surface area contributed by atoms with Crippen molar-refractivity contribution in [1.29, 1.82) is 0 Å². The fourth-order valence-corrected chi connectivity index (χ4v) is 2.52. The van der Waals surface area contributed by atoms with E-state index in [2.05, 4.69) is 39.0 Å². The van der Waals surface area contributed by atoms with E-state index in [0.29, 0.717) is 6.54 Å². The predicted molar refractivity (Wildman–Crippen MR) is 71.2 cm³/mol. The minimum atomic E-state index is -0.0105. The lowest BCUT2D eigenvalue weighted by molar-refractivity contribution is -0.126. The van der Waals surface area contributed by atoms with E-state index in [9.17, 15) is 4.79 Å². The largest absolute Gasteiger partial charge is 0.334 e. The predicted octanol–water partition coefficient (Wildman–Crippen LogP) is 1.79. The van der Waals surface area contributed by atoms with Gasteiger partial charge in [0.05, 0.1) is 12.2 Å².